The van der Waals surface area contributed by atoms with Gasteiger partial charge >= 0.3 is 0 Å². The van der Waals surface area contributed by atoms with Crippen LogP contribution in [0, 0.1) is 0 Å². The van der Waals surface area contributed by atoms with Crippen LogP contribution in [0.15, 0.2) is 43.0 Å². The molecule has 1 aliphatic heterocycles. The summed E-state index contributed by atoms with van der Waals surface area (Å²) in [5.41, 5.74) is 1.17. The van der Waals surface area contributed by atoms with Crippen LogP contribution < -0.4 is 0 Å². The van der Waals surface area contributed by atoms with Crippen LogP contribution in [0.3, 0.4) is 0 Å². The lowest BCUT2D eigenvalue weighted by molar-refractivity contribution is -0.141. The highest BCUT2D eigenvalue weighted by molar-refractivity contribution is 5.13. The molecule has 19 heavy (non-hydrogen) atoms. The van der Waals surface area contributed by atoms with Gasteiger partial charge in [-0.3, -0.25) is 0 Å². The van der Waals surface area contributed by atoms with E-state index in [1.165, 1.54) is 5.56 Å². The summed E-state index contributed by atoms with van der Waals surface area (Å²) in [7, 11) is 0. The van der Waals surface area contributed by atoms with E-state index >= 15 is 0 Å². The van der Waals surface area contributed by atoms with E-state index in [2.05, 4.69) is 18.7 Å². The molecule has 0 saturated carbocycles. The molecular formula is C16H22O3. The predicted octanol–water partition coefficient (Wildman–Crippen LogP) is 3.30. The summed E-state index contributed by atoms with van der Waals surface area (Å²) in [6, 6.07) is 10.1. The van der Waals surface area contributed by atoms with Crippen molar-refractivity contribution >= 4 is 0 Å². The van der Waals surface area contributed by atoms with Gasteiger partial charge in [0.2, 0.25) is 0 Å². The first-order valence-electron chi connectivity index (χ1n) is 6.69. The van der Waals surface area contributed by atoms with Crippen molar-refractivity contribution in [3.63, 3.8) is 0 Å². The van der Waals surface area contributed by atoms with E-state index in [9.17, 15) is 0 Å². The van der Waals surface area contributed by atoms with Crippen LogP contribution in [0.5, 0.6) is 0 Å². The molecule has 0 N–H and O–H groups in total. The van der Waals surface area contributed by atoms with E-state index in [4.69, 9.17) is 14.2 Å². The lowest BCUT2D eigenvalue weighted by atomic mass is 10.1. The summed E-state index contributed by atoms with van der Waals surface area (Å²) in [5.74, 6) is -0.476. The van der Waals surface area contributed by atoms with Gasteiger partial charge < -0.3 is 14.2 Å². The highest BCUT2D eigenvalue weighted by atomic mass is 16.7. The topological polar surface area (TPSA) is 27.7 Å². The predicted molar refractivity (Wildman–Crippen MR) is 74.7 cm³/mol. The van der Waals surface area contributed by atoms with E-state index < -0.39 is 5.79 Å². The SMILES string of the molecule is C=C[C@H](C[C@@H]1COC(C)(C)O1)OCc1ccccc1. The second kappa shape index (κ2) is 6.33. The quantitative estimate of drug-likeness (QED) is 0.736. The number of benzene rings is 1. The Morgan fingerprint density at radius 3 is 2.74 bits per heavy atom. The number of hydrogen-bond acceptors (Lipinski definition) is 3. The van der Waals surface area contributed by atoms with Gasteiger partial charge in [-0.05, 0) is 19.4 Å². The third-order valence-electron chi connectivity index (χ3n) is 3.13. The average molecular weight is 262 g/mol. The Labute approximate surface area is 115 Å². The van der Waals surface area contributed by atoms with Gasteiger partial charge in [-0.1, -0.05) is 36.4 Å². The number of hydrogen-bond donors (Lipinski definition) is 0. The molecule has 0 aromatic heterocycles. The molecule has 1 aliphatic rings. The second-order valence-electron chi connectivity index (χ2n) is 5.26. The first-order chi connectivity index (χ1) is 9.09. The molecule has 1 aromatic rings. The maximum absolute atomic E-state index is 5.85. The zero-order chi connectivity index (χ0) is 13.7. The summed E-state index contributed by atoms with van der Waals surface area (Å²) in [6.45, 7) is 8.90. The minimum Gasteiger partial charge on any atom is -0.369 e. The van der Waals surface area contributed by atoms with Crippen LogP contribution in [-0.4, -0.2) is 24.6 Å². The Hall–Kier alpha value is -1.16. The third-order valence-corrected chi connectivity index (χ3v) is 3.13. The Balaban J connectivity index is 1.79. The number of ether oxygens (including phenoxy) is 3. The summed E-state index contributed by atoms with van der Waals surface area (Å²) >= 11 is 0. The Morgan fingerprint density at radius 2 is 2.16 bits per heavy atom. The molecule has 3 nitrogen and oxygen atoms in total. The lowest BCUT2D eigenvalue weighted by Gasteiger charge is -2.20. The monoisotopic (exact) mass is 262 g/mol. The molecular weight excluding hydrogens is 240 g/mol. The summed E-state index contributed by atoms with van der Waals surface area (Å²) in [5, 5.41) is 0. The highest BCUT2D eigenvalue weighted by Gasteiger charge is 2.33. The van der Waals surface area contributed by atoms with Crippen molar-refractivity contribution in [3.8, 4) is 0 Å². The standard InChI is InChI=1S/C16H22O3/c1-4-14(10-15-12-18-16(2,3)19-15)17-11-13-8-6-5-7-9-13/h4-9,14-15H,1,10-12H2,2-3H3/t14-,15-/m1/s1. The van der Waals surface area contributed by atoms with Crippen LogP contribution in [0.25, 0.3) is 0 Å². The maximum atomic E-state index is 5.85. The van der Waals surface area contributed by atoms with Crippen molar-refractivity contribution in [3.05, 3.63) is 48.6 Å². The van der Waals surface area contributed by atoms with Crippen LogP contribution in [0.2, 0.25) is 0 Å². The van der Waals surface area contributed by atoms with Crippen LogP contribution in [-0.2, 0) is 20.8 Å². The Morgan fingerprint density at radius 1 is 1.42 bits per heavy atom. The van der Waals surface area contributed by atoms with Crippen LogP contribution in [0.4, 0.5) is 0 Å². The minimum atomic E-state index is -0.476. The molecule has 0 bridgehead atoms. The fraction of sp³-hybridized carbons (Fsp3) is 0.500. The Bertz CT molecular complexity index is 400. The highest BCUT2D eigenvalue weighted by Crippen LogP contribution is 2.25. The molecule has 2 atom stereocenters. The van der Waals surface area contributed by atoms with Crippen molar-refractivity contribution in [2.45, 2.75) is 44.9 Å². The van der Waals surface area contributed by atoms with Crippen molar-refractivity contribution < 1.29 is 14.2 Å². The van der Waals surface area contributed by atoms with E-state index in [0.717, 1.165) is 6.42 Å². The molecule has 1 aromatic carbocycles. The van der Waals surface area contributed by atoms with Crippen molar-refractivity contribution in [1.29, 1.82) is 0 Å². The van der Waals surface area contributed by atoms with Gasteiger partial charge in [-0.25, -0.2) is 0 Å². The second-order valence-corrected chi connectivity index (χ2v) is 5.26. The van der Waals surface area contributed by atoms with Gasteiger partial charge in [0.15, 0.2) is 5.79 Å². The average Bonchev–Trinajstić information content (AvgIpc) is 2.75. The van der Waals surface area contributed by atoms with E-state index in [1.807, 2.05) is 38.1 Å². The smallest absolute Gasteiger partial charge is 0.163 e. The minimum absolute atomic E-state index is 0.0114. The normalized spacial score (nSPS) is 23.2. The fourth-order valence-corrected chi connectivity index (χ4v) is 2.15. The van der Waals surface area contributed by atoms with Gasteiger partial charge in [-0.15, -0.1) is 6.58 Å². The summed E-state index contributed by atoms with van der Waals surface area (Å²) < 4.78 is 17.2. The first kappa shape index (κ1) is 14.3. The lowest BCUT2D eigenvalue weighted by Crippen LogP contribution is -2.24. The largest absolute Gasteiger partial charge is 0.369 e. The van der Waals surface area contributed by atoms with Crippen LogP contribution >= 0.6 is 0 Å². The molecule has 2 rings (SSSR count). The van der Waals surface area contributed by atoms with Gasteiger partial charge in [0, 0.05) is 6.42 Å². The van der Waals surface area contributed by atoms with E-state index in [1.54, 1.807) is 0 Å². The molecule has 0 amide bonds. The summed E-state index contributed by atoms with van der Waals surface area (Å²) in [6.07, 6.45) is 2.67. The molecule has 0 spiro atoms. The van der Waals surface area contributed by atoms with Gasteiger partial charge in [0.25, 0.3) is 0 Å². The van der Waals surface area contributed by atoms with Gasteiger partial charge in [-0.2, -0.15) is 0 Å². The zero-order valence-corrected chi connectivity index (χ0v) is 11.7. The van der Waals surface area contributed by atoms with Crippen molar-refractivity contribution in [2.75, 3.05) is 6.61 Å². The molecule has 0 radical (unpaired) electrons. The molecule has 0 aliphatic carbocycles. The van der Waals surface area contributed by atoms with Crippen LogP contribution in [0.1, 0.15) is 25.8 Å². The molecule has 104 valence electrons. The fourth-order valence-electron chi connectivity index (χ4n) is 2.15. The molecule has 1 heterocycles. The van der Waals surface area contributed by atoms with Crippen molar-refractivity contribution in [1.82, 2.24) is 0 Å². The molecule has 0 unspecified atom stereocenters. The molecule has 1 saturated heterocycles. The van der Waals surface area contributed by atoms with Gasteiger partial charge in [0.05, 0.1) is 25.4 Å². The Kier molecular flexibility index (Phi) is 4.75. The van der Waals surface area contributed by atoms with E-state index in [-0.39, 0.29) is 12.2 Å². The molecule has 3 heteroatoms. The van der Waals surface area contributed by atoms with E-state index in [0.29, 0.717) is 13.2 Å². The summed E-state index contributed by atoms with van der Waals surface area (Å²) in [4.78, 5) is 0. The van der Waals surface area contributed by atoms with Gasteiger partial charge in [0.1, 0.15) is 0 Å². The first-order valence-corrected chi connectivity index (χ1v) is 6.69. The number of rotatable bonds is 6. The maximum Gasteiger partial charge on any atom is 0.163 e. The molecule has 1 fully saturated rings. The third kappa shape index (κ3) is 4.46. The van der Waals surface area contributed by atoms with Crippen molar-refractivity contribution in [2.24, 2.45) is 0 Å². The zero-order valence-electron chi connectivity index (χ0n) is 11.7.